The Labute approximate surface area is 122 Å². The van der Waals surface area contributed by atoms with Crippen LogP contribution in [-0.2, 0) is 6.54 Å². The first-order valence-corrected chi connectivity index (χ1v) is 7.45. The number of hydrogen-bond donors (Lipinski definition) is 1. The van der Waals surface area contributed by atoms with Crippen molar-refractivity contribution in [3.8, 4) is 0 Å². The average molecular weight is 286 g/mol. The largest absolute Gasteiger partial charge is 0.386 e. The van der Waals surface area contributed by atoms with Crippen molar-refractivity contribution in [3.05, 3.63) is 23.8 Å². The van der Waals surface area contributed by atoms with Crippen LogP contribution in [0.2, 0.25) is 0 Å². The molecule has 0 unspecified atom stereocenters. The molecule has 1 amide bonds. The minimum absolute atomic E-state index is 0.0340. The fraction of sp³-hybridized carbons (Fsp3) is 0.533. The minimum Gasteiger partial charge on any atom is -0.386 e. The zero-order chi connectivity index (χ0) is 14.6. The number of hydrogen-bond acceptors (Lipinski definition) is 4. The molecule has 0 bridgehead atoms. The molecular formula is C15H18N4O2. The third-order valence-electron chi connectivity index (χ3n) is 4.61. The van der Waals surface area contributed by atoms with Crippen LogP contribution in [0.4, 0.5) is 0 Å². The van der Waals surface area contributed by atoms with Crippen LogP contribution >= 0.6 is 0 Å². The average Bonchev–Trinajstić information content (AvgIpc) is 3.23. The number of β-amino-alcohol motifs (C(OH)–C–C–N with tert-alkyl or cyclic N) is 1. The van der Waals surface area contributed by atoms with Crippen molar-refractivity contribution in [2.24, 2.45) is 5.92 Å². The van der Waals surface area contributed by atoms with E-state index < -0.39 is 5.60 Å². The van der Waals surface area contributed by atoms with Crippen LogP contribution in [-0.4, -0.2) is 49.6 Å². The van der Waals surface area contributed by atoms with Crippen LogP contribution in [0.3, 0.4) is 0 Å². The van der Waals surface area contributed by atoms with Crippen LogP contribution in [0.5, 0.6) is 0 Å². The molecule has 1 saturated heterocycles. The normalized spacial score (nSPS) is 20.6. The molecular weight excluding hydrogens is 268 g/mol. The quantitative estimate of drug-likeness (QED) is 0.915. The van der Waals surface area contributed by atoms with Gasteiger partial charge in [0.05, 0.1) is 18.6 Å². The fourth-order valence-electron chi connectivity index (χ4n) is 3.16. The van der Waals surface area contributed by atoms with Gasteiger partial charge >= 0.3 is 0 Å². The Morgan fingerprint density at radius 1 is 1.43 bits per heavy atom. The van der Waals surface area contributed by atoms with Crippen LogP contribution in [0.25, 0.3) is 11.0 Å². The second kappa shape index (κ2) is 4.27. The lowest BCUT2D eigenvalue weighted by molar-refractivity contribution is -0.0958. The molecule has 2 aliphatic rings. The van der Waals surface area contributed by atoms with Crippen molar-refractivity contribution in [2.75, 3.05) is 13.1 Å². The molecule has 1 N–H and O–H groups in total. The van der Waals surface area contributed by atoms with E-state index in [4.69, 9.17) is 0 Å². The van der Waals surface area contributed by atoms with Crippen LogP contribution < -0.4 is 0 Å². The van der Waals surface area contributed by atoms with Gasteiger partial charge in [-0.2, -0.15) is 0 Å². The number of carbonyl (C=O) groups excluding carboxylic acids is 1. The Morgan fingerprint density at radius 3 is 2.86 bits per heavy atom. The molecule has 2 aromatic rings. The third kappa shape index (κ3) is 1.93. The van der Waals surface area contributed by atoms with Crippen molar-refractivity contribution in [1.82, 2.24) is 19.9 Å². The summed E-state index contributed by atoms with van der Waals surface area (Å²) in [5.74, 6) is 0.363. The van der Waals surface area contributed by atoms with Crippen molar-refractivity contribution in [2.45, 2.75) is 31.9 Å². The summed E-state index contributed by atoms with van der Waals surface area (Å²) in [5, 5.41) is 18.4. The molecule has 4 rings (SSSR count). The van der Waals surface area contributed by atoms with Crippen LogP contribution in [0.1, 0.15) is 30.1 Å². The predicted octanol–water partition coefficient (Wildman–Crippen LogP) is 1.05. The van der Waals surface area contributed by atoms with E-state index in [9.17, 15) is 9.90 Å². The van der Waals surface area contributed by atoms with E-state index in [-0.39, 0.29) is 5.91 Å². The van der Waals surface area contributed by atoms with Gasteiger partial charge < -0.3 is 10.0 Å². The fourth-order valence-corrected chi connectivity index (χ4v) is 3.16. The molecule has 6 heteroatoms. The molecule has 1 aromatic carbocycles. The molecule has 2 heterocycles. The first kappa shape index (κ1) is 12.8. The molecule has 1 aliphatic heterocycles. The summed E-state index contributed by atoms with van der Waals surface area (Å²) in [6, 6.07) is 5.49. The molecule has 2 fully saturated rings. The van der Waals surface area contributed by atoms with Crippen molar-refractivity contribution >= 4 is 16.9 Å². The Balaban J connectivity index is 1.55. The first-order chi connectivity index (χ1) is 10.1. The van der Waals surface area contributed by atoms with Gasteiger partial charge in [-0.3, -0.25) is 4.79 Å². The molecule has 1 aliphatic carbocycles. The minimum atomic E-state index is -0.634. The highest BCUT2D eigenvalue weighted by Crippen LogP contribution is 2.44. The lowest BCUT2D eigenvalue weighted by Gasteiger charge is -2.47. The van der Waals surface area contributed by atoms with Gasteiger partial charge in [0.25, 0.3) is 5.91 Å². The van der Waals surface area contributed by atoms with E-state index in [1.54, 1.807) is 15.6 Å². The molecule has 6 nitrogen and oxygen atoms in total. The summed E-state index contributed by atoms with van der Waals surface area (Å²) in [5.41, 5.74) is 1.65. The topological polar surface area (TPSA) is 71.2 Å². The number of fused-ring (bicyclic) bond motifs is 1. The predicted molar refractivity (Wildman–Crippen MR) is 76.8 cm³/mol. The van der Waals surface area contributed by atoms with Gasteiger partial charge in [-0.05, 0) is 43.9 Å². The maximum Gasteiger partial charge on any atom is 0.254 e. The molecule has 0 radical (unpaired) electrons. The number of aromatic nitrogens is 3. The number of nitrogens with zero attached hydrogens (tertiary/aromatic N) is 4. The Hall–Kier alpha value is -1.95. The second-order valence-electron chi connectivity index (χ2n) is 6.15. The van der Waals surface area contributed by atoms with Gasteiger partial charge in [0.1, 0.15) is 11.1 Å². The van der Waals surface area contributed by atoms with E-state index in [0.29, 0.717) is 24.6 Å². The zero-order valence-corrected chi connectivity index (χ0v) is 12.0. The van der Waals surface area contributed by atoms with Crippen LogP contribution in [0, 0.1) is 5.92 Å². The number of rotatable bonds is 3. The second-order valence-corrected chi connectivity index (χ2v) is 6.15. The Kier molecular flexibility index (Phi) is 2.60. The SMILES string of the molecule is CCn1nnc2cc(C(=O)N3CC(O)(C4CC4)C3)ccc21. The number of amides is 1. The highest BCUT2D eigenvalue weighted by atomic mass is 16.3. The highest BCUT2D eigenvalue weighted by Gasteiger charge is 2.53. The Morgan fingerprint density at radius 2 is 2.19 bits per heavy atom. The number of aliphatic hydroxyl groups is 1. The standard InChI is InChI=1S/C15H18N4O2/c1-2-19-13-6-3-10(7-12(13)16-17-19)14(20)18-8-15(21,9-18)11-4-5-11/h3,6-7,11,21H,2,4-5,8-9H2,1H3. The molecule has 0 atom stereocenters. The number of likely N-dealkylation sites (tertiary alicyclic amines) is 1. The van der Waals surface area contributed by atoms with Gasteiger partial charge in [0.15, 0.2) is 0 Å². The number of carbonyl (C=O) groups is 1. The maximum absolute atomic E-state index is 12.4. The third-order valence-corrected chi connectivity index (χ3v) is 4.61. The molecule has 1 aromatic heterocycles. The summed E-state index contributed by atoms with van der Waals surface area (Å²) >= 11 is 0. The molecule has 110 valence electrons. The summed E-state index contributed by atoms with van der Waals surface area (Å²) in [6.45, 7) is 3.67. The van der Waals surface area contributed by atoms with Crippen molar-refractivity contribution in [3.63, 3.8) is 0 Å². The lowest BCUT2D eigenvalue weighted by atomic mass is 9.88. The van der Waals surface area contributed by atoms with Gasteiger partial charge in [-0.15, -0.1) is 5.10 Å². The van der Waals surface area contributed by atoms with Gasteiger partial charge in [0.2, 0.25) is 0 Å². The van der Waals surface area contributed by atoms with Gasteiger partial charge in [0, 0.05) is 12.1 Å². The van der Waals surface area contributed by atoms with Crippen molar-refractivity contribution < 1.29 is 9.90 Å². The summed E-state index contributed by atoms with van der Waals surface area (Å²) < 4.78 is 1.80. The Bertz CT molecular complexity index is 714. The number of benzene rings is 1. The summed E-state index contributed by atoms with van der Waals surface area (Å²) in [6.07, 6.45) is 2.18. The summed E-state index contributed by atoms with van der Waals surface area (Å²) in [7, 11) is 0. The van der Waals surface area contributed by atoms with Gasteiger partial charge in [-0.1, -0.05) is 5.21 Å². The highest BCUT2D eigenvalue weighted by molar-refractivity contribution is 5.97. The van der Waals surface area contributed by atoms with Crippen LogP contribution in [0.15, 0.2) is 18.2 Å². The van der Waals surface area contributed by atoms with E-state index in [1.807, 2.05) is 19.1 Å². The lowest BCUT2D eigenvalue weighted by Crippen LogP contribution is -2.64. The van der Waals surface area contributed by atoms with Gasteiger partial charge in [-0.25, -0.2) is 4.68 Å². The maximum atomic E-state index is 12.4. The van der Waals surface area contributed by atoms with E-state index >= 15 is 0 Å². The van der Waals surface area contributed by atoms with Crippen molar-refractivity contribution in [1.29, 1.82) is 0 Å². The van der Waals surface area contributed by atoms with E-state index in [2.05, 4.69) is 10.3 Å². The zero-order valence-electron chi connectivity index (χ0n) is 12.0. The number of aryl methyl sites for hydroxylation is 1. The first-order valence-electron chi connectivity index (χ1n) is 7.45. The molecule has 1 saturated carbocycles. The van der Waals surface area contributed by atoms with E-state index in [1.165, 1.54) is 0 Å². The monoisotopic (exact) mass is 286 g/mol. The molecule has 0 spiro atoms. The summed E-state index contributed by atoms with van der Waals surface area (Å²) in [4.78, 5) is 14.1. The molecule has 21 heavy (non-hydrogen) atoms. The smallest absolute Gasteiger partial charge is 0.254 e. The van der Waals surface area contributed by atoms with E-state index in [0.717, 1.165) is 30.4 Å².